The average molecular weight is 534 g/mol. The molecule has 1 aromatic carbocycles. The fraction of sp³-hybridized carbons (Fsp3) is 0.520. The van der Waals surface area contributed by atoms with E-state index in [0.29, 0.717) is 50.0 Å². The standard InChI is InChI=1S/C25H32BrN3O5/c1-14-10-20(32-5)18(24(31)28-14)12-27-23(30)17-11-19(26)22-21(15(17)2)33-25(34-22)8-6-16(7-9-25)13-29(3)4/h10-11,16H,6-9,12-13H2,1-5H3,(H,27,30)(H,28,31). The lowest BCUT2D eigenvalue weighted by atomic mass is 9.85. The lowest BCUT2D eigenvalue weighted by Crippen LogP contribution is -2.43. The van der Waals surface area contributed by atoms with Crippen LogP contribution in [0.5, 0.6) is 17.2 Å². The van der Waals surface area contributed by atoms with Crippen LogP contribution in [0.3, 0.4) is 0 Å². The van der Waals surface area contributed by atoms with Crippen molar-refractivity contribution in [3.63, 3.8) is 0 Å². The second kappa shape index (κ2) is 9.62. The smallest absolute Gasteiger partial charge is 0.256 e. The number of hydrogen-bond donors (Lipinski definition) is 2. The molecule has 0 unspecified atom stereocenters. The molecule has 1 aromatic heterocycles. The van der Waals surface area contributed by atoms with E-state index < -0.39 is 5.79 Å². The Balaban J connectivity index is 1.51. The number of hydrogen-bond acceptors (Lipinski definition) is 6. The SMILES string of the molecule is COc1cc(C)[nH]c(=O)c1CNC(=O)c1cc(Br)c2c(c1C)OC1(CCC(CN(C)C)CC1)O2. The minimum atomic E-state index is -0.671. The molecule has 1 spiro atoms. The number of fused-ring (bicyclic) bond motifs is 1. The van der Waals surface area contributed by atoms with E-state index in [9.17, 15) is 9.59 Å². The first kappa shape index (κ1) is 24.6. The first-order chi connectivity index (χ1) is 16.1. The van der Waals surface area contributed by atoms with Gasteiger partial charge in [0.15, 0.2) is 11.5 Å². The summed E-state index contributed by atoms with van der Waals surface area (Å²) in [5.74, 6) is 1.35. The number of carbonyl (C=O) groups excluding carboxylic acids is 1. The largest absolute Gasteiger partial charge is 0.496 e. The zero-order valence-corrected chi connectivity index (χ0v) is 21.9. The van der Waals surface area contributed by atoms with Crippen LogP contribution in [0.1, 0.15) is 52.9 Å². The lowest BCUT2D eigenvalue weighted by molar-refractivity contribution is -0.115. The van der Waals surface area contributed by atoms with Gasteiger partial charge in [-0.2, -0.15) is 0 Å². The van der Waals surface area contributed by atoms with Crippen molar-refractivity contribution in [1.82, 2.24) is 15.2 Å². The fourth-order valence-corrected chi connectivity index (χ4v) is 5.36. The number of nitrogens with one attached hydrogen (secondary N) is 2. The van der Waals surface area contributed by atoms with Crippen molar-refractivity contribution < 1.29 is 19.0 Å². The van der Waals surface area contributed by atoms with Gasteiger partial charge in [-0.3, -0.25) is 9.59 Å². The molecule has 4 rings (SSSR count). The number of halogens is 1. The highest BCUT2D eigenvalue weighted by atomic mass is 79.9. The molecule has 1 fully saturated rings. The molecule has 8 nitrogen and oxygen atoms in total. The molecule has 1 saturated carbocycles. The van der Waals surface area contributed by atoms with Gasteiger partial charge < -0.3 is 29.4 Å². The maximum Gasteiger partial charge on any atom is 0.256 e. The van der Waals surface area contributed by atoms with Gasteiger partial charge in [-0.25, -0.2) is 0 Å². The van der Waals surface area contributed by atoms with Crippen molar-refractivity contribution in [2.45, 2.75) is 51.9 Å². The summed E-state index contributed by atoms with van der Waals surface area (Å²) in [7, 11) is 5.70. The number of carbonyl (C=O) groups is 1. The van der Waals surface area contributed by atoms with Crippen molar-refractivity contribution in [3.8, 4) is 17.2 Å². The number of aromatic amines is 1. The van der Waals surface area contributed by atoms with Gasteiger partial charge in [0.05, 0.1) is 23.7 Å². The number of H-pyrrole nitrogens is 1. The highest BCUT2D eigenvalue weighted by Gasteiger charge is 2.46. The van der Waals surface area contributed by atoms with E-state index in [2.05, 4.69) is 45.2 Å². The van der Waals surface area contributed by atoms with Gasteiger partial charge >= 0.3 is 0 Å². The van der Waals surface area contributed by atoms with Crippen LogP contribution < -0.4 is 25.1 Å². The van der Waals surface area contributed by atoms with Crippen molar-refractivity contribution in [1.29, 1.82) is 0 Å². The van der Waals surface area contributed by atoms with E-state index in [4.69, 9.17) is 14.2 Å². The first-order valence-corrected chi connectivity index (χ1v) is 12.3. The minimum Gasteiger partial charge on any atom is -0.496 e. The van der Waals surface area contributed by atoms with Gasteiger partial charge in [-0.05, 0) is 74.8 Å². The number of amides is 1. The lowest BCUT2D eigenvalue weighted by Gasteiger charge is -2.36. The Hall–Kier alpha value is -2.52. The highest BCUT2D eigenvalue weighted by molar-refractivity contribution is 9.10. The highest BCUT2D eigenvalue weighted by Crippen LogP contribution is 2.52. The maximum absolute atomic E-state index is 13.1. The molecule has 1 amide bonds. The molecule has 0 bridgehead atoms. The third-order valence-electron chi connectivity index (χ3n) is 6.63. The second-order valence-corrected chi connectivity index (χ2v) is 10.4. The van der Waals surface area contributed by atoms with Crippen LogP contribution in [0.15, 0.2) is 21.4 Å². The topological polar surface area (TPSA) is 92.9 Å². The summed E-state index contributed by atoms with van der Waals surface area (Å²) in [6.45, 7) is 4.74. The van der Waals surface area contributed by atoms with Crippen LogP contribution in [-0.2, 0) is 6.54 Å². The normalized spacial score (nSPS) is 21.2. The molecule has 2 heterocycles. The van der Waals surface area contributed by atoms with Gasteiger partial charge in [0.1, 0.15) is 5.75 Å². The van der Waals surface area contributed by atoms with Crippen LogP contribution in [0.25, 0.3) is 0 Å². The summed E-state index contributed by atoms with van der Waals surface area (Å²) in [6, 6.07) is 3.48. The van der Waals surface area contributed by atoms with E-state index in [-0.39, 0.29) is 18.0 Å². The zero-order valence-electron chi connectivity index (χ0n) is 20.3. The number of methoxy groups -OCH3 is 1. The predicted molar refractivity (Wildman–Crippen MR) is 133 cm³/mol. The Morgan fingerprint density at radius 3 is 2.56 bits per heavy atom. The molecule has 0 atom stereocenters. The molecule has 34 heavy (non-hydrogen) atoms. The number of ether oxygens (including phenoxy) is 3. The van der Waals surface area contributed by atoms with E-state index in [1.165, 1.54) is 7.11 Å². The average Bonchev–Trinajstić information content (AvgIpc) is 3.16. The Bertz CT molecular complexity index is 1150. The third-order valence-corrected chi connectivity index (χ3v) is 7.21. The number of aromatic nitrogens is 1. The van der Waals surface area contributed by atoms with Gasteiger partial charge in [0.25, 0.3) is 17.3 Å². The molecule has 2 aliphatic rings. The quantitative estimate of drug-likeness (QED) is 0.584. The summed E-state index contributed by atoms with van der Waals surface area (Å²) in [4.78, 5) is 30.4. The molecule has 2 N–H and O–H groups in total. The predicted octanol–water partition coefficient (Wildman–Crippen LogP) is 3.91. The Morgan fingerprint density at radius 1 is 1.24 bits per heavy atom. The van der Waals surface area contributed by atoms with E-state index >= 15 is 0 Å². The summed E-state index contributed by atoms with van der Waals surface area (Å²) < 4.78 is 18.7. The molecule has 2 aromatic rings. The maximum atomic E-state index is 13.1. The number of benzene rings is 1. The molecule has 184 valence electrons. The van der Waals surface area contributed by atoms with Crippen molar-refractivity contribution in [2.75, 3.05) is 27.7 Å². The fourth-order valence-electron chi connectivity index (χ4n) is 4.87. The third kappa shape index (κ3) is 4.81. The summed E-state index contributed by atoms with van der Waals surface area (Å²) >= 11 is 3.57. The van der Waals surface area contributed by atoms with Crippen LogP contribution in [0.2, 0.25) is 0 Å². The Labute approximate surface area is 208 Å². The summed E-state index contributed by atoms with van der Waals surface area (Å²) in [5.41, 5.74) is 1.96. The van der Waals surface area contributed by atoms with E-state index in [1.807, 2.05) is 6.92 Å². The molecule has 9 heteroatoms. The molecular weight excluding hydrogens is 502 g/mol. The summed E-state index contributed by atoms with van der Waals surface area (Å²) in [5, 5.41) is 2.84. The molecule has 0 radical (unpaired) electrons. The molecule has 1 aliphatic carbocycles. The van der Waals surface area contributed by atoms with Crippen LogP contribution in [0.4, 0.5) is 0 Å². The summed E-state index contributed by atoms with van der Waals surface area (Å²) in [6.07, 6.45) is 3.68. The molecular formula is C25H32BrN3O5. The van der Waals surface area contributed by atoms with Gasteiger partial charge in [0.2, 0.25) is 0 Å². The van der Waals surface area contributed by atoms with Gasteiger partial charge in [-0.1, -0.05) is 0 Å². The van der Waals surface area contributed by atoms with Crippen LogP contribution in [-0.4, -0.2) is 49.3 Å². The van der Waals surface area contributed by atoms with Crippen molar-refractivity contribution >= 4 is 21.8 Å². The van der Waals surface area contributed by atoms with Crippen LogP contribution in [0, 0.1) is 19.8 Å². The van der Waals surface area contributed by atoms with Crippen molar-refractivity contribution in [2.24, 2.45) is 5.92 Å². The Kier molecular flexibility index (Phi) is 6.96. The zero-order chi connectivity index (χ0) is 24.6. The second-order valence-electron chi connectivity index (χ2n) is 9.52. The van der Waals surface area contributed by atoms with Gasteiger partial charge in [0, 0.05) is 36.2 Å². The Morgan fingerprint density at radius 2 is 1.91 bits per heavy atom. The van der Waals surface area contributed by atoms with E-state index in [1.54, 1.807) is 19.1 Å². The molecule has 1 aliphatic heterocycles. The monoisotopic (exact) mass is 533 g/mol. The first-order valence-electron chi connectivity index (χ1n) is 11.5. The number of rotatable bonds is 6. The molecule has 0 saturated heterocycles. The number of aryl methyl sites for hydroxylation is 1. The van der Waals surface area contributed by atoms with Crippen molar-refractivity contribution in [3.05, 3.63) is 49.3 Å². The minimum absolute atomic E-state index is 0.0420. The van der Waals surface area contributed by atoms with Gasteiger partial charge in [-0.15, -0.1) is 0 Å². The number of pyridine rings is 1. The number of nitrogens with zero attached hydrogens (tertiary/aromatic N) is 1. The van der Waals surface area contributed by atoms with Crippen LogP contribution >= 0.6 is 15.9 Å². The van der Waals surface area contributed by atoms with E-state index in [0.717, 1.165) is 32.2 Å².